The third kappa shape index (κ3) is 6.95. The third-order valence-electron chi connectivity index (χ3n) is 5.36. The Kier molecular flexibility index (Phi) is 9.27. The molecule has 2 heterocycles. The van der Waals surface area contributed by atoms with Gasteiger partial charge in [-0.1, -0.05) is 37.6 Å². The van der Waals surface area contributed by atoms with Crippen molar-refractivity contribution in [2.75, 3.05) is 13.2 Å². The highest BCUT2D eigenvalue weighted by Gasteiger charge is 2.47. The molecule has 2 saturated heterocycles. The van der Waals surface area contributed by atoms with Crippen LogP contribution in [0.4, 0.5) is 0 Å². The minimum Gasteiger partial charge on any atom is -0.481 e. The molecule has 0 aliphatic carbocycles. The number of carboxylic acids is 1. The summed E-state index contributed by atoms with van der Waals surface area (Å²) in [5.41, 5.74) is 0. The average Bonchev–Trinajstić information content (AvgIpc) is 3.19. The molecule has 1 N–H and O–H groups in total. The van der Waals surface area contributed by atoms with Crippen molar-refractivity contribution in [3.8, 4) is 0 Å². The molecule has 0 saturated carbocycles. The monoisotopic (exact) mass is 350 g/mol. The molecule has 25 heavy (non-hydrogen) atoms. The van der Waals surface area contributed by atoms with Gasteiger partial charge >= 0.3 is 5.97 Å². The molecule has 0 radical (unpaired) electrons. The molecule has 2 aliphatic rings. The smallest absolute Gasteiger partial charge is 0.303 e. The molecule has 4 atom stereocenters. The van der Waals surface area contributed by atoms with E-state index in [2.05, 4.69) is 31.2 Å². The van der Waals surface area contributed by atoms with Crippen LogP contribution in [0.5, 0.6) is 0 Å². The number of ether oxygens (including phenoxy) is 2. The number of carbonyl (C=O) groups is 1. The lowest BCUT2D eigenvalue weighted by molar-refractivity contribution is -0.137. The Morgan fingerprint density at radius 3 is 2.64 bits per heavy atom. The second kappa shape index (κ2) is 11.5. The first-order chi connectivity index (χ1) is 12.2. The lowest BCUT2D eigenvalue weighted by atomic mass is 9.76. The zero-order chi connectivity index (χ0) is 17.9. The number of hydrogen-bond donors (Lipinski definition) is 1. The van der Waals surface area contributed by atoms with Crippen molar-refractivity contribution in [3.05, 3.63) is 24.3 Å². The molecule has 0 unspecified atom stereocenters. The van der Waals surface area contributed by atoms with Crippen LogP contribution >= 0.6 is 0 Å². The van der Waals surface area contributed by atoms with Gasteiger partial charge in [-0.15, -0.1) is 0 Å². The first-order valence-corrected chi connectivity index (χ1v) is 9.97. The highest BCUT2D eigenvalue weighted by Crippen LogP contribution is 2.46. The van der Waals surface area contributed by atoms with Crippen molar-refractivity contribution in [1.29, 1.82) is 0 Å². The standard InChI is InChI=1S/C21H34O4/c1-2-3-4-9-15-24-16-14-18-17(19-12-13-20(18)25-19)10-7-5-6-8-11-21(22)23/h4-5,7,9,17-20H,2-3,6,8,10-16H2,1H3,(H,22,23)/b7-5-,9-4+/t17-,18+,19-,20+/m1/s1. The number of unbranched alkanes of at least 4 members (excludes halogenated alkanes) is 2. The summed E-state index contributed by atoms with van der Waals surface area (Å²) < 4.78 is 11.9. The normalized spacial score (nSPS) is 28.5. The zero-order valence-electron chi connectivity index (χ0n) is 15.6. The van der Waals surface area contributed by atoms with E-state index in [1.807, 2.05) is 0 Å². The molecule has 0 aromatic heterocycles. The lowest BCUT2D eigenvalue weighted by Gasteiger charge is -2.27. The summed E-state index contributed by atoms with van der Waals surface area (Å²) in [5.74, 6) is 0.509. The van der Waals surface area contributed by atoms with Crippen LogP contribution in [-0.4, -0.2) is 36.5 Å². The molecule has 0 spiro atoms. The van der Waals surface area contributed by atoms with Crippen LogP contribution in [-0.2, 0) is 14.3 Å². The minimum absolute atomic E-state index is 0.258. The highest BCUT2D eigenvalue weighted by molar-refractivity contribution is 5.66. The van der Waals surface area contributed by atoms with Crippen molar-refractivity contribution >= 4 is 5.97 Å². The van der Waals surface area contributed by atoms with Crippen molar-refractivity contribution in [3.63, 3.8) is 0 Å². The van der Waals surface area contributed by atoms with E-state index in [0.717, 1.165) is 45.3 Å². The number of allylic oxidation sites excluding steroid dienone is 3. The van der Waals surface area contributed by atoms with Crippen molar-refractivity contribution < 1.29 is 19.4 Å². The Bertz CT molecular complexity index is 443. The van der Waals surface area contributed by atoms with Gasteiger partial charge in [0.05, 0.1) is 18.8 Å². The van der Waals surface area contributed by atoms with Crippen LogP contribution in [0, 0.1) is 11.8 Å². The number of aliphatic carboxylic acids is 1. The van der Waals surface area contributed by atoms with E-state index in [-0.39, 0.29) is 6.42 Å². The lowest BCUT2D eigenvalue weighted by Crippen LogP contribution is -2.28. The predicted octanol–water partition coefficient (Wildman–Crippen LogP) is 4.74. The van der Waals surface area contributed by atoms with Crippen molar-refractivity contribution in [1.82, 2.24) is 0 Å². The van der Waals surface area contributed by atoms with Gasteiger partial charge in [-0.2, -0.15) is 0 Å². The molecule has 2 fully saturated rings. The van der Waals surface area contributed by atoms with Gasteiger partial charge in [0.1, 0.15) is 0 Å². The van der Waals surface area contributed by atoms with Gasteiger partial charge in [-0.3, -0.25) is 4.79 Å². The molecule has 0 amide bonds. The fourth-order valence-corrected chi connectivity index (χ4v) is 4.06. The molecule has 2 aliphatic heterocycles. The minimum atomic E-state index is -0.709. The summed E-state index contributed by atoms with van der Waals surface area (Å²) >= 11 is 0. The second-order valence-corrected chi connectivity index (χ2v) is 7.23. The summed E-state index contributed by atoms with van der Waals surface area (Å²) in [7, 11) is 0. The van der Waals surface area contributed by atoms with Crippen LogP contribution in [0.1, 0.15) is 64.7 Å². The van der Waals surface area contributed by atoms with Crippen LogP contribution in [0.3, 0.4) is 0 Å². The summed E-state index contributed by atoms with van der Waals surface area (Å²) in [5, 5.41) is 8.66. The van der Waals surface area contributed by atoms with Gasteiger partial charge < -0.3 is 14.6 Å². The van der Waals surface area contributed by atoms with E-state index >= 15 is 0 Å². The molecule has 2 bridgehead atoms. The quantitative estimate of drug-likeness (QED) is 0.385. The Morgan fingerprint density at radius 1 is 1.12 bits per heavy atom. The Balaban J connectivity index is 1.66. The highest BCUT2D eigenvalue weighted by atomic mass is 16.5. The molecule has 4 nitrogen and oxygen atoms in total. The Labute approximate surface area is 152 Å². The molecular formula is C21H34O4. The molecular weight excluding hydrogens is 316 g/mol. The Morgan fingerprint density at radius 2 is 1.88 bits per heavy atom. The molecule has 2 rings (SSSR count). The fourth-order valence-electron chi connectivity index (χ4n) is 4.06. The van der Waals surface area contributed by atoms with E-state index in [4.69, 9.17) is 14.6 Å². The van der Waals surface area contributed by atoms with Crippen molar-refractivity contribution in [2.45, 2.75) is 76.9 Å². The maximum absolute atomic E-state index is 10.5. The molecule has 0 aromatic rings. The second-order valence-electron chi connectivity index (χ2n) is 7.23. The van der Waals surface area contributed by atoms with Gasteiger partial charge in [0.2, 0.25) is 0 Å². The summed E-state index contributed by atoms with van der Waals surface area (Å²) in [6.45, 7) is 3.71. The summed E-state index contributed by atoms with van der Waals surface area (Å²) in [6.07, 6.45) is 18.2. The first-order valence-electron chi connectivity index (χ1n) is 9.97. The van der Waals surface area contributed by atoms with E-state index in [9.17, 15) is 4.79 Å². The largest absolute Gasteiger partial charge is 0.481 e. The van der Waals surface area contributed by atoms with Gasteiger partial charge in [-0.25, -0.2) is 0 Å². The fraction of sp³-hybridized carbons (Fsp3) is 0.762. The SMILES string of the molecule is CCC/C=C/COCC[C@H]1[C@@H](C/C=C\CCCC(=O)O)[C@H]2CC[C@@H]1O2. The zero-order valence-corrected chi connectivity index (χ0v) is 15.6. The van der Waals surface area contributed by atoms with Crippen molar-refractivity contribution in [2.24, 2.45) is 11.8 Å². The summed E-state index contributed by atoms with van der Waals surface area (Å²) in [6, 6.07) is 0. The van der Waals surface area contributed by atoms with Gasteiger partial charge in [0, 0.05) is 13.0 Å². The molecule has 142 valence electrons. The predicted molar refractivity (Wildman–Crippen MR) is 99.6 cm³/mol. The van der Waals surface area contributed by atoms with E-state index < -0.39 is 5.97 Å². The van der Waals surface area contributed by atoms with E-state index in [0.29, 0.717) is 24.0 Å². The maximum Gasteiger partial charge on any atom is 0.303 e. The maximum atomic E-state index is 10.5. The number of fused-ring (bicyclic) bond motifs is 2. The average molecular weight is 350 g/mol. The van der Waals surface area contributed by atoms with Crippen LogP contribution < -0.4 is 0 Å². The molecule has 4 heteroatoms. The van der Waals surface area contributed by atoms with E-state index in [1.165, 1.54) is 19.3 Å². The third-order valence-corrected chi connectivity index (χ3v) is 5.36. The number of carboxylic acid groups (broad SMARTS) is 1. The van der Waals surface area contributed by atoms with Gasteiger partial charge in [0.15, 0.2) is 0 Å². The van der Waals surface area contributed by atoms with Crippen LogP contribution in [0.25, 0.3) is 0 Å². The van der Waals surface area contributed by atoms with E-state index in [1.54, 1.807) is 0 Å². The van der Waals surface area contributed by atoms with Crippen LogP contribution in [0.15, 0.2) is 24.3 Å². The first kappa shape index (κ1) is 20.2. The van der Waals surface area contributed by atoms with Gasteiger partial charge in [-0.05, 0) is 56.8 Å². The number of hydrogen-bond acceptors (Lipinski definition) is 3. The number of rotatable bonds is 13. The van der Waals surface area contributed by atoms with Crippen LogP contribution in [0.2, 0.25) is 0 Å². The molecule has 0 aromatic carbocycles. The Hall–Kier alpha value is -1.13. The topological polar surface area (TPSA) is 55.8 Å². The summed E-state index contributed by atoms with van der Waals surface area (Å²) in [4.78, 5) is 10.5. The van der Waals surface area contributed by atoms with Gasteiger partial charge in [0.25, 0.3) is 0 Å².